The third kappa shape index (κ3) is 2.12. The van der Waals surface area contributed by atoms with Crippen molar-refractivity contribution in [3.8, 4) is 0 Å². The SMILES string of the molecule is C=C(O)OC1(CC)COCOC1. The van der Waals surface area contributed by atoms with Crippen molar-refractivity contribution in [1.29, 1.82) is 0 Å². The monoisotopic (exact) mass is 174 g/mol. The summed E-state index contributed by atoms with van der Waals surface area (Å²) in [5.41, 5.74) is -0.552. The second-order valence-electron chi connectivity index (χ2n) is 2.85. The zero-order valence-corrected chi connectivity index (χ0v) is 7.21. The van der Waals surface area contributed by atoms with E-state index in [0.29, 0.717) is 26.4 Å². The van der Waals surface area contributed by atoms with Crippen molar-refractivity contribution in [3.63, 3.8) is 0 Å². The zero-order chi connectivity index (χ0) is 9.03. The number of rotatable bonds is 3. The van der Waals surface area contributed by atoms with Gasteiger partial charge in [0, 0.05) is 0 Å². The fraction of sp³-hybridized carbons (Fsp3) is 0.750. The van der Waals surface area contributed by atoms with Crippen LogP contribution in [-0.4, -0.2) is 30.7 Å². The van der Waals surface area contributed by atoms with Gasteiger partial charge >= 0.3 is 0 Å². The van der Waals surface area contributed by atoms with Gasteiger partial charge in [-0.25, -0.2) is 0 Å². The third-order valence-electron chi connectivity index (χ3n) is 1.88. The normalized spacial score (nSPS) is 21.8. The standard InChI is InChI=1S/C8H14O4/c1-3-8(12-7(2)9)4-10-6-11-5-8/h9H,2-6H2,1H3. The predicted octanol–water partition coefficient (Wildman–Crippen LogP) is 1.19. The quantitative estimate of drug-likeness (QED) is 0.653. The third-order valence-corrected chi connectivity index (χ3v) is 1.88. The fourth-order valence-corrected chi connectivity index (χ4v) is 1.14. The highest BCUT2D eigenvalue weighted by Crippen LogP contribution is 2.22. The summed E-state index contributed by atoms with van der Waals surface area (Å²) >= 11 is 0. The molecular formula is C8H14O4. The van der Waals surface area contributed by atoms with Crippen LogP contribution in [0.5, 0.6) is 0 Å². The van der Waals surface area contributed by atoms with Gasteiger partial charge in [-0.1, -0.05) is 6.92 Å². The van der Waals surface area contributed by atoms with Crippen LogP contribution in [0.1, 0.15) is 13.3 Å². The van der Waals surface area contributed by atoms with Crippen molar-refractivity contribution in [3.05, 3.63) is 12.5 Å². The first kappa shape index (κ1) is 9.35. The van der Waals surface area contributed by atoms with Gasteiger partial charge in [-0.3, -0.25) is 0 Å². The highest BCUT2D eigenvalue weighted by Gasteiger charge is 2.34. The van der Waals surface area contributed by atoms with E-state index in [1.165, 1.54) is 0 Å². The van der Waals surface area contributed by atoms with Crippen LogP contribution in [0.15, 0.2) is 12.5 Å². The molecule has 1 fully saturated rings. The van der Waals surface area contributed by atoms with E-state index in [0.717, 1.165) is 0 Å². The largest absolute Gasteiger partial charge is 0.481 e. The van der Waals surface area contributed by atoms with E-state index < -0.39 is 5.60 Å². The van der Waals surface area contributed by atoms with Crippen LogP contribution in [0, 0.1) is 0 Å². The van der Waals surface area contributed by atoms with E-state index in [1.54, 1.807) is 0 Å². The number of aliphatic hydroxyl groups is 1. The van der Waals surface area contributed by atoms with Crippen molar-refractivity contribution in [2.24, 2.45) is 0 Å². The molecule has 0 saturated carbocycles. The summed E-state index contributed by atoms with van der Waals surface area (Å²) in [5.74, 6) is -0.286. The van der Waals surface area contributed by atoms with Gasteiger partial charge in [0.05, 0.1) is 13.2 Å². The first-order chi connectivity index (χ1) is 5.68. The first-order valence-electron chi connectivity index (χ1n) is 3.91. The average Bonchev–Trinajstić information content (AvgIpc) is 2.05. The lowest BCUT2D eigenvalue weighted by Crippen LogP contribution is -2.45. The van der Waals surface area contributed by atoms with Crippen molar-refractivity contribution >= 4 is 0 Å². The minimum absolute atomic E-state index is 0.286. The molecule has 0 spiro atoms. The lowest BCUT2D eigenvalue weighted by Gasteiger charge is -2.35. The number of aliphatic hydroxyl groups excluding tert-OH is 1. The second-order valence-corrected chi connectivity index (χ2v) is 2.85. The molecule has 0 atom stereocenters. The zero-order valence-electron chi connectivity index (χ0n) is 7.21. The van der Waals surface area contributed by atoms with Gasteiger partial charge in [-0.2, -0.15) is 0 Å². The Balaban J connectivity index is 2.53. The Morgan fingerprint density at radius 3 is 2.58 bits per heavy atom. The van der Waals surface area contributed by atoms with Crippen LogP contribution in [0.3, 0.4) is 0 Å². The van der Waals surface area contributed by atoms with Gasteiger partial charge < -0.3 is 19.3 Å². The van der Waals surface area contributed by atoms with Crippen LogP contribution < -0.4 is 0 Å². The van der Waals surface area contributed by atoms with E-state index in [9.17, 15) is 0 Å². The van der Waals surface area contributed by atoms with Crippen molar-refractivity contribution in [1.82, 2.24) is 0 Å². The molecule has 1 heterocycles. The molecule has 1 aliphatic rings. The van der Waals surface area contributed by atoms with Crippen LogP contribution in [0.2, 0.25) is 0 Å². The van der Waals surface area contributed by atoms with Gasteiger partial charge in [-0.15, -0.1) is 0 Å². The van der Waals surface area contributed by atoms with Gasteiger partial charge in [-0.05, 0) is 13.0 Å². The first-order valence-corrected chi connectivity index (χ1v) is 3.91. The minimum Gasteiger partial charge on any atom is -0.481 e. The number of hydrogen-bond donors (Lipinski definition) is 1. The Morgan fingerprint density at radius 2 is 2.17 bits per heavy atom. The summed E-state index contributed by atoms with van der Waals surface area (Å²) in [5, 5.41) is 8.87. The van der Waals surface area contributed by atoms with E-state index in [4.69, 9.17) is 19.3 Å². The lowest BCUT2D eigenvalue weighted by molar-refractivity contribution is -0.218. The lowest BCUT2D eigenvalue weighted by atomic mass is 10.0. The molecule has 1 N–H and O–H groups in total. The summed E-state index contributed by atoms with van der Waals surface area (Å²) in [6.07, 6.45) is 0.715. The molecule has 1 aliphatic heterocycles. The molecule has 0 aromatic rings. The molecule has 4 nitrogen and oxygen atoms in total. The van der Waals surface area contributed by atoms with E-state index in [1.807, 2.05) is 6.92 Å². The topological polar surface area (TPSA) is 47.9 Å². The molecule has 4 heteroatoms. The Hall–Kier alpha value is -0.740. The summed E-state index contributed by atoms with van der Waals surface area (Å²) in [7, 11) is 0. The maximum absolute atomic E-state index is 8.87. The molecule has 1 rings (SSSR count). The van der Waals surface area contributed by atoms with Crippen molar-refractivity contribution in [2.45, 2.75) is 18.9 Å². The summed E-state index contributed by atoms with van der Waals surface area (Å²) in [6, 6.07) is 0. The molecule has 1 saturated heterocycles. The Bertz CT molecular complexity index is 160. The molecule has 0 unspecified atom stereocenters. The van der Waals surface area contributed by atoms with Crippen LogP contribution in [0.25, 0.3) is 0 Å². The predicted molar refractivity (Wildman–Crippen MR) is 42.6 cm³/mol. The molecular weight excluding hydrogens is 160 g/mol. The van der Waals surface area contributed by atoms with E-state index >= 15 is 0 Å². The molecule has 0 aromatic carbocycles. The Kier molecular flexibility index (Phi) is 2.94. The summed E-state index contributed by atoms with van der Waals surface area (Å²) in [4.78, 5) is 0. The van der Waals surface area contributed by atoms with Crippen LogP contribution in [0.4, 0.5) is 0 Å². The van der Waals surface area contributed by atoms with E-state index in [-0.39, 0.29) is 5.95 Å². The van der Waals surface area contributed by atoms with Gasteiger partial charge in [0.25, 0.3) is 5.95 Å². The summed E-state index contributed by atoms with van der Waals surface area (Å²) < 4.78 is 15.3. The molecule has 0 aromatic heterocycles. The number of ether oxygens (including phenoxy) is 3. The number of hydrogen-bond acceptors (Lipinski definition) is 4. The molecule has 0 bridgehead atoms. The molecule has 12 heavy (non-hydrogen) atoms. The molecule has 0 amide bonds. The highest BCUT2D eigenvalue weighted by atomic mass is 16.7. The molecule has 70 valence electrons. The van der Waals surface area contributed by atoms with E-state index in [2.05, 4.69) is 6.58 Å². The highest BCUT2D eigenvalue weighted by molar-refractivity contribution is 4.85. The Morgan fingerprint density at radius 1 is 1.58 bits per heavy atom. The van der Waals surface area contributed by atoms with Crippen molar-refractivity contribution < 1.29 is 19.3 Å². The smallest absolute Gasteiger partial charge is 0.269 e. The fourth-order valence-electron chi connectivity index (χ4n) is 1.14. The Labute approximate surface area is 71.7 Å². The van der Waals surface area contributed by atoms with Gasteiger partial charge in [0.2, 0.25) is 0 Å². The maximum atomic E-state index is 8.87. The van der Waals surface area contributed by atoms with Gasteiger partial charge in [0.1, 0.15) is 6.79 Å². The second kappa shape index (κ2) is 3.78. The molecule has 0 aliphatic carbocycles. The van der Waals surface area contributed by atoms with Crippen molar-refractivity contribution in [2.75, 3.05) is 20.0 Å². The van der Waals surface area contributed by atoms with Gasteiger partial charge in [0.15, 0.2) is 5.60 Å². The summed E-state index contributed by atoms with van der Waals surface area (Å²) in [6.45, 7) is 6.37. The minimum atomic E-state index is -0.552. The maximum Gasteiger partial charge on any atom is 0.269 e. The average molecular weight is 174 g/mol. The van der Waals surface area contributed by atoms with Crippen LogP contribution >= 0.6 is 0 Å². The van der Waals surface area contributed by atoms with Crippen LogP contribution in [-0.2, 0) is 14.2 Å². The molecule has 0 radical (unpaired) electrons.